The summed E-state index contributed by atoms with van der Waals surface area (Å²) < 4.78 is 30.0. The third-order valence-electron chi connectivity index (χ3n) is 4.83. The molecule has 10 heteroatoms. The van der Waals surface area contributed by atoms with Crippen molar-refractivity contribution in [1.82, 2.24) is 10.6 Å². The molecule has 9 nitrogen and oxygen atoms in total. The molecule has 2 atom stereocenters. The Morgan fingerprint density at radius 1 is 0.939 bits per heavy atom. The number of nitrogens with one attached hydrogen (secondary N) is 2. The van der Waals surface area contributed by atoms with Crippen LogP contribution in [0.1, 0.15) is 25.8 Å². The van der Waals surface area contributed by atoms with E-state index in [0.717, 1.165) is 5.56 Å². The lowest BCUT2D eigenvalue weighted by Gasteiger charge is -2.23. The van der Waals surface area contributed by atoms with Crippen LogP contribution in [0.25, 0.3) is 0 Å². The van der Waals surface area contributed by atoms with Crippen LogP contribution < -0.4 is 10.6 Å². The molecule has 2 amide bonds. The molecule has 0 aliphatic carbocycles. The van der Waals surface area contributed by atoms with Crippen LogP contribution in [-0.2, 0) is 30.8 Å². The van der Waals surface area contributed by atoms with Gasteiger partial charge in [-0.3, -0.25) is 4.79 Å². The third kappa shape index (κ3) is 8.23. The van der Waals surface area contributed by atoms with Gasteiger partial charge < -0.3 is 20.5 Å². The molecule has 0 aliphatic heterocycles. The van der Waals surface area contributed by atoms with Crippen molar-refractivity contribution >= 4 is 27.8 Å². The second-order valence-corrected chi connectivity index (χ2v) is 9.86. The molecule has 0 fully saturated rings. The largest absolute Gasteiger partial charge is 0.480 e. The van der Waals surface area contributed by atoms with E-state index >= 15 is 0 Å². The minimum Gasteiger partial charge on any atom is -0.480 e. The highest BCUT2D eigenvalue weighted by molar-refractivity contribution is 7.91. The van der Waals surface area contributed by atoms with Gasteiger partial charge in [0, 0.05) is 0 Å². The van der Waals surface area contributed by atoms with E-state index in [4.69, 9.17) is 4.74 Å². The monoisotopic (exact) mass is 476 g/mol. The van der Waals surface area contributed by atoms with E-state index in [1.54, 1.807) is 56.3 Å². The van der Waals surface area contributed by atoms with Crippen molar-refractivity contribution < 1.29 is 32.6 Å². The number of rotatable bonds is 11. The summed E-state index contributed by atoms with van der Waals surface area (Å²) in [4.78, 5) is 36.6. The number of hydrogen-bond acceptors (Lipinski definition) is 6. The lowest BCUT2D eigenvalue weighted by molar-refractivity contribution is -0.142. The molecule has 0 aromatic heterocycles. The van der Waals surface area contributed by atoms with Crippen molar-refractivity contribution in [2.24, 2.45) is 5.92 Å². The summed E-state index contributed by atoms with van der Waals surface area (Å²) in [6.45, 7) is 3.36. The number of sulfone groups is 1. The van der Waals surface area contributed by atoms with Crippen molar-refractivity contribution in [2.75, 3.05) is 5.75 Å². The first-order chi connectivity index (χ1) is 15.6. The van der Waals surface area contributed by atoms with E-state index in [0.29, 0.717) is 0 Å². The highest BCUT2D eigenvalue weighted by Crippen LogP contribution is 2.13. The van der Waals surface area contributed by atoms with Crippen LogP contribution in [0.5, 0.6) is 0 Å². The predicted octanol–water partition coefficient (Wildman–Crippen LogP) is 2.37. The maximum absolute atomic E-state index is 12.7. The van der Waals surface area contributed by atoms with Gasteiger partial charge >= 0.3 is 12.1 Å². The Morgan fingerprint density at radius 3 is 2.06 bits per heavy atom. The number of benzene rings is 2. The molecule has 2 aromatic rings. The van der Waals surface area contributed by atoms with Gasteiger partial charge in [-0.25, -0.2) is 18.0 Å². The van der Waals surface area contributed by atoms with Gasteiger partial charge in [0.2, 0.25) is 5.91 Å². The number of carbonyl (C=O) groups excluding carboxylic acids is 2. The molecule has 0 radical (unpaired) electrons. The summed E-state index contributed by atoms with van der Waals surface area (Å²) in [6.07, 6.45) is -1.16. The van der Waals surface area contributed by atoms with Gasteiger partial charge in [0.1, 0.15) is 18.7 Å². The van der Waals surface area contributed by atoms with Crippen LogP contribution in [0.4, 0.5) is 4.79 Å². The fourth-order valence-electron chi connectivity index (χ4n) is 2.96. The molecule has 0 saturated heterocycles. The zero-order chi connectivity index (χ0) is 24.4. The van der Waals surface area contributed by atoms with E-state index in [-0.39, 0.29) is 23.8 Å². The highest BCUT2D eigenvalue weighted by atomic mass is 32.2. The summed E-state index contributed by atoms with van der Waals surface area (Å²) in [5.41, 5.74) is 0.767. The first kappa shape index (κ1) is 25.9. The Kier molecular flexibility index (Phi) is 9.41. The molecule has 0 unspecified atom stereocenters. The Hall–Kier alpha value is -3.40. The van der Waals surface area contributed by atoms with Gasteiger partial charge in [-0.1, -0.05) is 62.4 Å². The molecule has 178 valence electrons. The first-order valence-electron chi connectivity index (χ1n) is 10.4. The predicted molar refractivity (Wildman–Crippen MR) is 121 cm³/mol. The van der Waals surface area contributed by atoms with Crippen LogP contribution >= 0.6 is 0 Å². The normalized spacial score (nSPS) is 13.1. The summed E-state index contributed by atoms with van der Waals surface area (Å²) in [6, 6.07) is 14.1. The Morgan fingerprint density at radius 2 is 1.52 bits per heavy atom. The summed E-state index contributed by atoms with van der Waals surface area (Å²) in [5.74, 6) is -2.96. The molecule has 0 saturated carbocycles. The van der Waals surface area contributed by atoms with E-state index < -0.39 is 45.6 Å². The summed E-state index contributed by atoms with van der Waals surface area (Å²) in [7, 11) is -3.72. The number of aliphatic carboxylic acids is 1. The summed E-state index contributed by atoms with van der Waals surface area (Å²) in [5, 5.41) is 14.3. The van der Waals surface area contributed by atoms with Crippen molar-refractivity contribution in [3.63, 3.8) is 0 Å². The number of carboxylic acid groups (broad SMARTS) is 1. The van der Waals surface area contributed by atoms with Gasteiger partial charge in [0.05, 0.1) is 10.6 Å². The second kappa shape index (κ2) is 12.0. The SMILES string of the molecule is CC(C)[C@H](NC(=O)OCc1ccccc1)C(=O)N[C@@H](CCS(=O)(=O)c1ccccc1)C(=O)O. The van der Waals surface area contributed by atoms with Gasteiger partial charge in [-0.2, -0.15) is 0 Å². The van der Waals surface area contributed by atoms with Crippen molar-refractivity contribution in [2.45, 2.75) is 43.9 Å². The van der Waals surface area contributed by atoms with Crippen LogP contribution in [0.3, 0.4) is 0 Å². The molecule has 0 heterocycles. The van der Waals surface area contributed by atoms with Crippen molar-refractivity contribution in [3.05, 3.63) is 66.2 Å². The molecule has 2 rings (SSSR count). The van der Waals surface area contributed by atoms with Gasteiger partial charge in [-0.15, -0.1) is 0 Å². The fourth-order valence-corrected chi connectivity index (χ4v) is 4.32. The van der Waals surface area contributed by atoms with Gasteiger partial charge in [0.25, 0.3) is 0 Å². The minimum absolute atomic E-state index is 0.00814. The van der Waals surface area contributed by atoms with E-state index in [1.807, 2.05) is 6.07 Å². The van der Waals surface area contributed by atoms with E-state index in [9.17, 15) is 27.9 Å². The van der Waals surface area contributed by atoms with Gasteiger partial charge in [-0.05, 0) is 30.0 Å². The molecule has 0 spiro atoms. The number of hydrogen-bond donors (Lipinski definition) is 3. The number of carbonyl (C=O) groups is 3. The topological polar surface area (TPSA) is 139 Å². The highest BCUT2D eigenvalue weighted by Gasteiger charge is 2.30. The van der Waals surface area contributed by atoms with Crippen molar-refractivity contribution in [3.8, 4) is 0 Å². The number of alkyl carbamates (subject to hydrolysis) is 1. The summed E-state index contributed by atoms with van der Waals surface area (Å²) >= 11 is 0. The molecular weight excluding hydrogens is 448 g/mol. The minimum atomic E-state index is -3.72. The zero-order valence-corrected chi connectivity index (χ0v) is 19.2. The Bertz CT molecular complexity index is 1040. The first-order valence-corrected chi connectivity index (χ1v) is 12.0. The number of ether oxygens (including phenoxy) is 1. The van der Waals surface area contributed by atoms with E-state index in [1.165, 1.54) is 12.1 Å². The Labute approximate surface area is 193 Å². The standard InChI is InChI=1S/C23H28N2O7S/c1-16(2)20(25-23(29)32-15-17-9-5-3-6-10-17)21(26)24-19(22(27)28)13-14-33(30,31)18-11-7-4-8-12-18/h3-12,16,19-20H,13-15H2,1-2H3,(H,24,26)(H,25,29)(H,27,28)/t19-,20-/m0/s1. The third-order valence-corrected chi connectivity index (χ3v) is 6.59. The van der Waals surface area contributed by atoms with Crippen LogP contribution in [0.2, 0.25) is 0 Å². The van der Waals surface area contributed by atoms with Gasteiger partial charge in [0.15, 0.2) is 9.84 Å². The average Bonchev–Trinajstić information content (AvgIpc) is 2.79. The fraction of sp³-hybridized carbons (Fsp3) is 0.348. The molecule has 3 N–H and O–H groups in total. The van der Waals surface area contributed by atoms with Crippen LogP contribution in [0, 0.1) is 5.92 Å². The molecular formula is C23H28N2O7S. The maximum atomic E-state index is 12.7. The number of carboxylic acids is 1. The van der Waals surface area contributed by atoms with Crippen molar-refractivity contribution in [1.29, 1.82) is 0 Å². The lowest BCUT2D eigenvalue weighted by Crippen LogP contribution is -2.54. The average molecular weight is 477 g/mol. The molecule has 0 bridgehead atoms. The lowest BCUT2D eigenvalue weighted by atomic mass is 10.0. The smallest absolute Gasteiger partial charge is 0.408 e. The molecule has 33 heavy (non-hydrogen) atoms. The zero-order valence-electron chi connectivity index (χ0n) is 18.4. The van der Waals surface area contributed by atoms with Crippen LogP contribution in [-0.4, -0.2) is 49.3 Å². The van der Waals surface area contributed by atoms with E-state index in [2.05, 4.69) is 10.6 Å². The molecule has 2 aromatic carbocycles. The number of amides is 2. The maximum Gasteiger partial charge on any atom is 0.408 e. The Balaban J connectivity index is 1.97. The van der Waals surface area contributed by atoms with Crippen LogP contribution in [0.15, 0.2) is 65.6 Å². The quantitative estimate of drug-likeness (QED) is 0.452. The second-order valence-electron chi connectivity index (χ2n) is 7.75. The molecule has 0 aliphatic rings.